The van der Waals surface area contributed by atoms with Gasteiger partial charge in [-0.15, -0.1) is 11.3 Å². The van der Waals surface area contributed by atoms with Gasteiger partial charge in [0.05, 0.1) is 12.2 Å². The van der Waals surface area contributed by atoms with Gasteiger partial charge in [0.15, 0.2) is 5.96 Å². The molecule has 0 aliphatic carbocycles. The zero-order chi connectivity index (χ0) is 18.3. The third kappa shape index (κ3) is 6.77. The monoisotopic (exact) mass is 354 g/mol. The molecule has 0 spiro atoms. The van der Waals surface area contributed by atoms with Crippen molar-refractivity contribution in [2.45, 2.75) is 53.7 Å². The molecule has 0 aliphatic rings. The summed E-state index contributed by atoms with van der Waals surface area (Å²) in [5, 5.41) is 6.61. The predicted molar refractivity (Wildman–Crippen MR) is 104 cm³/mol. The zero-order valence-corrected chi connectivity index (χ0v) is 17.3. The lowest BCUT2D eigenvalue weighted by atomic mass is 9.84. The molecule has 0 saturated carbocycles. The van der Waals surface area contributed by atoms with Crippen LogP contribution in [0, 0.1) is 11.3 Å². The van der Waals surface area contributed by atoms with E-state index in [1.165, 1.54) is 6.42 Å². The maximum absolute atomic E-state index is 5.33. The van der Waals surface area contributed by atoms with Crippen LogP contribution < -0.4 is 5.32 Å². The van der Waals surface area contributed by atoms with Gasteiger partial charge in [0.1, 0.15) is 11.1 Å². The number of methoxy groups -OCH3 is 1. The fraction of sp³-hybridized carbons (Fsp3) is 0.778. The maximum Gasteiger partial charge on any atom is 0.193 e. The van der Waals surface area contributed by atoms with Crippen molar-refractivity contribution < 1.29 is 4.74 Å². The lowest BCUT2D eigenvalue weighted by Gasteiger charge is -2.30. The molecule has 24 heavy (non-hydrogen) atoms. The van der Waals surface area contributed by atoms with Crippen molar-refractivity contribution in [1.82, 2.24) is 15.2 Å². The average molecular weight is 355 g/mol. The van der Waals surface area contributed by atoms with Crippen LogP contribution in [0.2, 0.25) is 0 Å². The van der Waals surface area contributed by atoms with E-state index in [9.17, 15) is 0 Å². The molecule has 0 fully saturated rings. The summed E-state index contributed by atoms with van der Waals surface area (Å²) in [6.45, 7) is 12.8. The van der Waals surface area contributed by atoms with Crippen molar-refractivity contribution in [2.24, 2.45) is 16.3 Å². The molecule has 1 aromatic rings. The molecule has 0 aliphatic heterocycles. The van der Waals surface area contributed by atoms with E-state index in [0.29, 0.717) is 5.92 Å². The summed E-state index contributed by atoms with van der Waals surface area (Å²) in [4.78, 5) is 11.2. The van der Waals surface area contributed by atoms with E-state index < -0.39 is 0 Å². The molecule has 5 nitrogen and oxygen atoms in total. The van der Waals surface area contributed by atoms with Gasteiger partial charge >= 0.3 is 0 Å². The molecule has 1 unspecified atom stereocenters. The summed E-state index contributed by atoms with van der Waals surface area (Å²) in [5.74, 6) is 1.60. The lowest BCUT2D eigenvalue weighted by Crippen LogP contribution is -2.43. The Morgan fingerprint density at radius 3 is 2.62 bits per heavy atom. The molecule has 1 heterocycles. The number of nitrogens with one attached hydrogen (secondary N) is 1. The number of nitrogens with zero attached hydrogens (tertiary/aromatic N) is 3. The van der Waals surface area contributed by atoms with Gasteiger partial charge in [-0.1, -0.05) is 27.7 Å². The fourth-order valence-electron chi connectivity index (χ4n) is 2.88. The van der Waals surface area contributed by atoms with Crippen LogP contribution in [0.15, 0.2) is 10.4 Å². The number of rotatable bonds is 8. The van der Waals surface area contributed by atoms with E-state index >= 15 is 0 Å². The average Bonchev–Trinajstić information content (AvgIpc) is 2.94. The Labute approximate surface area is 151 Å². The van der Waals surface area contributed by atoms with Crippen molar-refractivity contribution in [3.8, 4) is 0 Å². The number of aliphatic imine (C=N–C) groups is 1. The van der Waals surface area contributed by atoms with E-state index in [2.05, 4.69) is 53.3 Å². The normalized spacial score (nSPS) is 14.1. The molecular formula is C18H34N4OS. The van der Waals surface area contributed by atoms with Crippen molar-refractivity contribution in [3.63, 3.8) is 0 Å². The summed E-state index contributed by atoms with van der Waals surface area (Å²) in [6.07, 6.45) is 1.23. The number of thiazole rings is 1. The first kappa shape index (κ1) is 20.9. The Kier molecular flexibility index (Phi) is 8.16. The highest BCUT2D eigenvalue weighted by atomic mass is 32.1. The first-order valence-corrected chi connectivity index (χ1v) is 9.45. The van der Waals surface area contributed by atoms with E-state index in [0.717, 1.165) is 29.8 Å². The topological polar surface area (TPSA) is 49.8 Å². The SMILES string of the molecule is CN=C(NCC(C)(C)CC(C)C)N(C)Cc1csc(C(C)OC)n1. The number of guanidine groups is 1. The van der Waals surface area contributed by atoms with Crippen molar-refractivity contribution in [1.29, 1.82) is 0 Å². The first-order valence-electron chi connectivity index (χ1n) is 8.57. The molecule has 138 valence electrons. The second-order valence-electron chi connectivity index (χ2n) is 7.57. The third-order valence-electron chi connectivity index (χ3n) is 3.93. The molecule has 6 heteroatoms. The van der Waals surface area contributed by atoms with Crippen LogP contribution in [0.25, 0.3) is 0 Å². The van der Waals surface area contributed by atoms with E-state index in [-0.39, 0.29) is 11.5 Å². The van der Waals surface area contributed by atoms with Gasteiger partial charge in [-0.3, -0.25) is 4.99 Å². The predicted octanol–water partition coefficient (Wildman–Crippen LogP) is 3.93. The largest absolute Gasteiger partial charge is 0.375 e. The van der Waals surface area contributed by atoms with Crippen LogP contribution in [-0.4, -0.2) is 43.6 Å². The molecule has 0 bridgehead atoms. The number of ether oxygens (including phenoxy) is 1. The summed E-state index contributed by atoms with van der Waals surface area (Å²) >= 11 is 1.64. The number of hydrogen-bond acceptors (Lipinski definition) is 4. The van der Waals surface area contributed by atoms with E-state index in [1.54, 1.807) is 18.4 Å². The van der Waals surface area contributed by atoms with E-state index in [1.807, 2.05) is 21.0 Å². The molecule has 0 radical (unpaired) electrons. The van der Waals surface area contributed by atoms with Crippen molar-refractivity contribution >= 4 is 17.3 Å². The van der Waals surface area contributed by atoms with Gasteiger partial charge in [-0.25, -0.2) is 4.98 Å². The van der Waals surface area contributed by atoms with Crippen LogP contribution in [0.1, 0.15) is 57.8 Å². The summed E-state index contributed by atoms with van der Waals surface area (Å²) in [5.41, 5.74) is 1.29. The Hall–Kier alpha value is -1.14. The van der Waals surface area contributed by atoms with Gasteiger partial charge in [0, 0.05) is 33.1 Å². The molecule has 1 rings (SSSR count). The number of hydrogen-bond donors (Lipinski definition) is 1. The van der Waals surface area contributed by atoms with Gasteiger partial charge in [0.2, 0.25) is 0 Å². The second-order valence-corrected chi connectivity index (χ2v) is 8.46. The van der Waals surface area contributed by atoms with Crippen LogP contribution in [0.5, 0.6) is 0 Å². The minimum absolute atomic E-state index is 0.0447. The third-order valence-corrected chi connectivity index (χ3v) is 4.98. The van der Waals surface area contributed by atoms with Crippen LogP contribution in [0.4, 0.5) is 0 Å². The van der Waals surface area contributed by atoms with Crippen molar-refractivity contribution in [2.75, 3.05) is 27.7 Å². The number of aromatic nitrogens is 1. The molecule has 1 N–H and O–H groups in total. The summed E-state index contributed by atoms with van der Waals surface area (Å²) in [6, 6.07) is 0. The fourth-order valence-corrected chi connectivity index (χ4v) is 3.72. The summed E-state index contributed by atoms with van der Waals surface area (Å²) in [7, 11) is 5.58. The molecule has 0 amide bonds. The van der Waals surface area contributed by atoms with Gasteiger partial charge in [0.25, 0.3) is 0 Å². The standard InChI is InChI=1S/C18H34N4OS/c1-13(2)9-18(4,5)12-20-17(19-6)22(7)10-15-11-24-16(21-15)14(3)23-8/h11,13-14H,9-10,12H2,1-8H3,(H,19,20). The van der Waals surface area contributed by atoms with Crippen LogP contribution in [-0.2, 0) is 11.3 Å². The highest BCUT2D eigenvalue weighted by Gasteiger charge is 2.21. The lowest BCUT2D eigenvalue weighted by molar-refractivity contribution is 0.119. The molecule has 0 aromatic carbocycles. The Morgan fingerprint density at radius 1 is 1.42 bits per heavy atom. The van der Waals surface area contributed by atoms with Gasteiger partial charge in [-0.2, -0.15) is 0 Å². The van der Waals surface area contributed by atoms with Crippen LogP contribution >= 0.6 is 11.3 Å². The highest BCUT2D eigenvalue weighted by Crippen LogP contribution is 2.24. The Balaban J connectivity index is 2.61. The highest BCUT2D eigenvalue weighted by molar-refractivity contribution is 7.09. The molecule has 1 atom stereocenters. The Bertz CT molecular complexity index is 525. The molecule has 0 saturated heterocycles. The Morgan fingerprint density at radius 2 is 2.08 bits per heavy atom. The second kappa shape index (κ2) is 9.37. The van der Waals surface area contributed by atoms with Gasteiger partial charge < -0.3 is 15.0 Å². The van der Waals surface area contributed by atoms with Gasteiger partial charge in [-0.05, 0) is 24.7 Å². The minimum atomic E-state index is 0.0447. The molecular weight excluding hydrogens is 320 g/mol. The van der Waals surface area contributed by atoms with Crippen LogP contribution in [0.3, 0.4) is 0 Å². The van der Waals surface area contributed by atoms with E-state index in [4.69, 9.17) is 4.74 Å². The summed E-state index contributed by atoms with van der Waals surface area (Å²) < 4.78 is 5.33. The minimum Gasteiger partial charge on any atom is -0.375 e. The molecule has 1 aromatic heterocycles. The first-order chi connectivity index (χ1) is 11.2. The van der Waals surface area contributed by atoms with Crippen molar-refractivity contribution in [3.05, 3.63) is 16.1 Å². The zero-order valence-electron chi connectivity index (χ0n) is 16.5. The maximum atomic E-state index is 5.33. The quantitative estimate of drug-likeness (QED) is 0.568. The smallest absolute Gasteiger partial charge is 0.193 e.